The smallest absolute Gasteiger partial charge is 0.255 e. The number of primary amides is 1. The normalized spacial score (nSPS) is 26.3. The number of nitrogens with zero attached hydrogens (tertiary/aromatic N) is 1. The number of phenols is 1. The number of aliphatic hydroxyl groups excluding tert-OH is 2. The SMILES string of the molecule is CN(C)[C@@H]1C(=O)C(C(N)=O)=C(O)[C@@]2(O)C(=O)C3=C(O)c4c(O)cc(CNc5ccccc5)c(F)c4C[C@H]3C[C@@H]12. The molecule has 1 saturated carbocycles. The van der Waals surface area contributed by atoms with E-state index in [4.69, 9.17) is 5.73 Å². The summed E-state index contributed by atoms with van der Waals surface area (Å²) >= 11 is 0. The Labute approximate surface area is 222 Å². The van der Waals surface area contributed by atoms with E-state index in [1.54, 1.807) is 12.1 Å². The molecule has 2 aromatic rings. The van der Waals surface area contributed by atoms with Crippen molar-refractivity contribution in [3.05, 3.63) is 75.8 Å². The zero-order chi connectivity index (χ0) is 28.4. The van der Waals surface area contributed by atoms with Crippen LogP contribution in [0.2, 0.25) is 0 Å². The van der Waals surface area contributed by atoms with Gasteiger partial charge in [0.1, 0.15) is 28.7 Å². The summed E-state index contributed by atoms with van der Waals surface area (Å²) < 4.78 is 15.8. The summed E-state index contributed by atoms with van der Waals surface area (Å²) in [5, 5.41) is 47.5. The number of nitrogens with two attached hydrogens (primary N) is 1. The van der Waals surface area contributed by atoms with Gasteiger partial charge in [-0.15, -0.1) is 0 Å². The van der Waals surface area contributed by atoms with E-state index in [-0.39, 0.29) is 41.6 Å². The maximum absolute atomic E-state index is 15.8. The number of hydrogen-bond acceptors (Lipinski definition) is 9. The van der Waals surface area contributed by atoms with Crippen LogP contribution >= 0.6 is 0 Å². The van der Waals surface area contributed by atoms with Crippen molar-refractivity contribution in [2.45, 2.75) is 31.0 Å². The van der Waals surface area contributed by atoms with Crippen molar-refractivity contribution in [1.82, 2.24) is 4.90 Å². The van der Waals surface area contributed by atoms with E-state index in [1.807, 2.05) is 18.2 Å². The van der Waals surface area contributed by atoms with E-state index in [0.717, 1.165) is 11.8 Å². The highest BCUT2D eigenvalue weighted by molar-refractivity contribution is 6.24. The van der Waals surface area contributed by atoms with E-state index in [9.17, 15) is 34.8 Å². The molecule has 0 saturated heterocycles. The second-order valence-corrected chi connectivity index (χ2v) is 10.4. The molecule has 0 aliphatic heterocycles. The number of hydrogen-bond donors (Lipinski definition) is 6. The standard InChI is InChI=1S/C28H28FN3O7/c1-32(2)22-16-9-12-8-15-19(17(33)10-13(21(15)29)11-31-14-6-4-3-5-7-14)23(34)18(12)25(36)28(16,39)26(37)20(24(22)35)27(30)38/h3-7,10,12,16,22,31,33-34,37,39H,8-9,11H2,1-2H3,(H2,30,38)/t12-,16-,22-,28-/m0/s1. The molecule has 2 aromatic carbocycles. The maximum Gasteiger partial charge on any atom is 0.255 e. The van der Waals surface area contributed by atoms with Crippen molar-refractivity contribution in [2.24, 2.45) is 17.6 Å². The van der Waals surface area contributed by atoms with Crippen molar-refractivity contribution >= 4 is 28.9 Å². The molecule has 3 aliphatic carbocycles. The van der Waals surface area contributed by atoms with Crippen molar-refractivity contribution in [1.29, 1.82) is 0 Å². The lowest BCUT2D eigenvalue weighted by Crippen LogP contribution is -2.65. The minimum Gasteiger partial charge on any atom is -0.508 e. The highest BCUT2D eigenvalue weighted by Gasteiger charge is 2.64. The molecule has 0 bridgehead atoms. The van der Waals surface area contributed by atoms with Gasteiger partial charge in [0.05, 0.1) is 11.6 Å². The van der Waals surface area contributed by atoms with Crippen molar-refractivity contribution in [3.63, 3.8) is 0 Å². The average Bonchev–Trinajstić information content (AvgIpc) is 2.87. The van der Waals surface area contributed by atoms with Gasteiger partial charge in [-0.3, -0.25) is 19.3 Å². The zero-order valence-corrected chi connectivity index (χ0v) is 21.2. The topological polar surface area (TPSA) is 173 Å². The van der Waals surface area contributed by atoms with E-state index >= 15 is 4.39 Å². The molecule has 0 spiro atoms. The Morgan fingerprint density at radius 2 is 1.85 bits per heavy atom. The van der Waals surface area contributed by atoms with E-state index in [0.29, 0.717) is 0 Å². The first kappa shape index (κ1) is 26.4. The monoisotopic (exact) mass is 537 g/mol. The summed E-state index contributed by atoms with van der Waals surface area (Å²) in [5.74, 6) is -8.42. The highest BCUT2D eigenvalue weighted by atomic mass is 19.1. The number of halogens is 1. The van der Waals surface area contributed by atoms with Gasteiger partial charge in [-0.2, -0.15) is 0 Å². The Morgan fingerprint density at radius 1 is 1.18 bits per heavy atom. The lowest BCUT2D eigenvalue weighted by Gasteiger charge is -2.50. The number of ketones is 2. The molecule has 5 rings (SSSR count). The van der Waals surface area contributed by atoms with Gasteiger partial charge < -0.3 is 31.5 Å². The van der Waals surface area contributed by atoms with Gasteiger partial charge in [-0.1, -0.05) is 18.2 Å². The lowest BCUT2D eigenvalue weighted by molar-refractivity contribution is -0.153. The minimum atomic E-state index is -2.74. The fraction of sp³-hybridized carbons (Fsp3) is 0.321. The van der Waals surface area contributed by atoms with Gasteiger partial charge in [0.25, 0.3) is 5.91 Å². The Morgan fingerprint density at radius 3 is 2.46 bits per heavy atom. The summed E-state index contributed by atoms with van der Waals surface area (Å²) in [7, 11) is 3.02. The van der Waals surface area contributed by atoms with Gasteiger partial charge in [0.2, 0.25) is 5.78 Å². The molecule has 10 nitrogen and oxygen atoms in total. The summed E-state index contributed by atoms with van der Waals surface area (Å²) in [6.07, 6.45) is -0.231. The molecule has 4 atom stereocenters. The molecular formula is C28H28FN3O7. The molecule has 39 heavy (non-hydrogen) atoms. The molecule has 0 radical (unpaired) electrons. The number of likely N-dealkylation sites (N-methyl/N-ethyl adjacent to an activating group) is 1. The predicted octanol–water partition coefficient (Wildman–Crippen LogP) is 1.72. The third kappa shape index (κ3) is 3.80. The maximum atomic E-state index is 15.8. The van der Waals surface area contributed by atoms with Gasteiger partial charge in [-0.05, 0) is 51.1 Å². The molecule has 11 heteroatoms. The minimum absolute atomic E-state index is 0.00882. The molecule has 204 valence electrons. The molecule has 7 N–H and O–H groups in total. The molecule has 0 aromatic heterocycles. The van der Waals surface area contributed by atoms with Crippen LogP contribution in [0.4, 0.5) is 10.1 Å². The third-order valence-corrected chi connectivity index (χ3v) is 7.99. The van der Waals surface area contributed by atoms with Gasteiger partial charge in [-0.25, -0.2) is 4.39 Å². The first-order valence-electron chi connectivity index (χ1n) is 12.4. The number of aromatic hydroxyl groups is 1. The Bertz CT molecular complexity index is 1480. The van der Waals surface area contributed by atoms with Crippen LogP contribution in [0.25, 0.3) is 5.76 Å². The lowest BCUT2D eigenvalue weighted by atomic mass is 9.57. The summed E-state index contributed by atoms with van der Waals surface area (Å²) in [6, 6.07) is 8.99. The number of carbonyl (C=O) groups excluding carboxylic acids is 3. The number of Topliss-reactive ketones (excluding diaryl/α,β-unsaturated/α-hetero) is 2. The van der Waals surface area contributed by atoms with Crippen molar-refractivity contribution in [3.8, 4) is 5.75 Å². The van der Waals surface area contributed by atoms with Gasteiger partial charge >= 0.3 is 0 Å². The largest absolute Gasteiger partial charge is 0.508 e. The number of nitrogens with one attached hydrogen (secondary N) is 1. The number of aliphatic hydroxyl groups is 3. The molecule has 1 fully saturated rings. The quantitative estimate of drug-likeness (QED) is 0.310. The number of amides is 1. The van der Waals surface area contributed by atoms with Crippen LogP contribution in [0.15, 0.2) is 53.3 Å². The van der Waals surface area contributed by atoms with Crippen LogP contribution < -0.4 is 11.1 Å². The first-order chi connectivity index (χ1) is 18.4. The fourth-order valence-electron chi connectivity index (χ4n) is 6.23. The average molecular weight is 538 g/mol. The molecular weight excluding hydrogens is 509 g/mol. The Hall–Kier alpha value is -4.22. The Kier molecular flexibility index (Phi) is 6.23. The number of anilines is 1. The first-order valence-corrected chi connectivity index (χ1v) is 12.4. The van der Waals surface area contributed by atoms with Crippen LogP contribution in [-0.2, 0) is 27.3 Å². The molecule has 0 unspecified atom stereocenters. The molecule has 3 aliphatic rings. The van der Waals surface area contributed by atoms with Crippen LogP contribution in [0, 0.1) is 17.7 Å². The fourth-order valence-corrected chi connectivity index (χ4v) is 6.23. The number of benzene rings is 2. The number of rotatable bonds is 5. The van der Waals surface area contributed by atoms with Crippen molar-refractivity contribution in [2.75, 3.05) is 19.4 Å². The number of para-hydroxylation sites is 1. The highest BCUT2D eigenvalue weighted by Crippen LogP contribution is 2.53. The molecule has 0 heterocycles. The van der Waals surface area contributed by atoms with E-state index < -0.39 is 69.6 Å². The van der Waals surface area contributed by atoms with Crippen LogP contribution in [0.3, 0.4) is 0 Å². The van der Waals surface area contributed by atoms with Gasteiger partial charge in [0.15, 0.2) is 11.4 Å². The summed E-state index contributed by atoms with van der Waals surface area (Å²) in [6.45, 7) is 0.0335. The van der Waals surface area contributed by atoms with Gasteiger partial charge in [0, 0.05) is 34.9 Å². The van der Waals surface area contributed by atoms with Crippen molar-refractivity contribution < 1.29 is 39.2 Å². The zero-order valence-electron chi connectivity index (χ0n) is 21.2. The summed E-state index contributed by atoms with van der Waals surface area (Å²) in [5.41, 5.74) is 1.93. The number of carbonyl (C=O) groups is 3. The van der Waals surface area contributed by atoms with Crippen LogP contribution in [0.1, 0.15) is 23.1 Å². The van der Waals surface area contributed by atoms with Crippen LogP contribution in [0.5, 0.6) is 5.75 Å². The van der Waals surface area contributed by atoms with Crippen LogP contribution in [-0.4, -0.2) is 68.5 Å². The predicted molar refractivity (Wildman–Crippen MR) is 138 cm³/mol. The number of fused-ring (bicyclic) bond motifs is 3. The second kappa shape index (κ2) is 9.21. The third-order valence-electron chi connectivity index (χ3n) is 7.99. The molecule has 1 amide bonds. The Balaban J connectivity index is 1.62. The van der Waals surface area contributed by atoms with E-state index in [2.05, 4.69) is 5.32 Å². The summed E-state index contributed by atoms with van der Waals surface area (Å²) in [4.78, 5) is 40.4. The van der Waals surface area contributed by atoms with E-state index in [1.165, 1.54) is 19.0 Å². The second-order valence-electron chi connectivity index (χ2n) is 10.4. The number of phenolic OH excluding ortho intramolecular Hbond substituents is 1.